The van der Waals surface area contributed by atoms with E-state index >= 15 is 0 Å². The molecule has 8 aromatic carbocycles. The average Bonchev–Trinajstić information content (AvgIpc) is 3.88. The molecule has 0 saturated heterocycles. The highest BCUT2D eigenvalue weighted by atomic mass is 16.5. The van der Waals surface area contributed by atoms with Gasteiger partial charge in [0.1, 0.15) is 24.0 Å². The normalized spacial score (nSPS) is 12.6. The van der Waals surface area contributed by atoms with Gasteiger partial charge in [0.15, 0.2) is 0 Å². The Labute approximate surface area is 368 Å². The summed E-state index contributed by atoms with van der Waals surface area (Å²) in [4.78, 5) is 9.74. The summed E-state index contributed by atoms with van der Waals surface area (Å²) < 4.78 is 9.06. The number of aromatic nitrogens is 2. The standard InChI is InChI=1S/C58H46N4O/c1-58(2,3)42-34-35-59-55(36-42)62-52-30-14-13-26-49(52)50-33-32-46(38-54(50)62)63-45-25-15-24-44(37-45)60-39-61(43-22-11-6-12-23-43)57-51(29-17-31-53(57)60)56-47(40-18-7-4-8-19-40)27-16-28-48(56)41-20-9-5-10-21-41/h4-38H,39H2,1-3H3. The van der Waals surface area contributed by atoms with Crippen LogP contribution in [0.4, 0.5) is 22.7 Å². The maximum Gasteiger partial charge on any atom is 0.137 e. The predicted molar refractivity (Wildman–Crippen MR) is 262 cm³/mol. The van der Waals surface area contributed by atoms with E-state index in [-0.39, 0.29) is 5.41 Å². The fourth-order valence-electron chi connectivity index (χ4n) is 9.24. The van der Waals surface area contributed by atoms with Gasteiger partial charge in [0, 0.05) is 46.0 Å². The largest absolute Gasteiger partial charge is 0.457 e. The third-order valence-corrected chi connectivity index (χ3v) is 12.3. The van der Waals surface area contributed by atoms with Crippen LogP contribution in [-0.4, -0.2) is 16.2 Å². The van der Waals surface area contributed by atoms with Crippen LogP contribution in [0.1, 0.15) is 26.3 Å². The second-order valence-electron chi connectivity index (χ2n) is 17.3. The minimum atomic E-state index is -0.0109. The van der Waals surface area contributed by atoms with Gasteiger partial charge < -0.3 is 14.5 Å². The van der Waals surface area contributed by atoms with Crippen molar-refractivity contribution in [1.82, 2.24) is 9.55 Å². The van der Waals surface area contributed by atoms with E-state index < -0.39 is 0 Å². The molecule has 5 nitrogen and oxygen atoms in total. The van der Waals surface area contributed by atoms with E-state index in [1.807, 2.05) is 12.3 Å². The smallest absolute Gasteiger partial charge is 0.137 e. The number of nitrogens with zero attached hydrogens (tertiary/aromatic N) is 4. The lowest BCUT2D eigenvalue weighted by Gasteiger charge is -2.24. The first kappa shape index (κ1) is 38.1. The fourth-order valence-corrected chi connectivity index (χ4v) is 9.24. The highest BCUT2D eigenvalue weighted by molar-refractivity contribution is 6.09. The van der Waals surface area contributed by atoms with Crippen molar-refractivity contribution in [3.05, 3.63) is 218 Å². The number of pyridine rings is 1. The monoisotopic (exact) mass is 814 g/mol. The van der Waals surface area contributed by atoms with Crippen LogP contribution in [0.2, 0.25) is 0 Å². The molecule has 0 N–H and O–H groups in total. The molecule has 0 aliphatic carbocycles. The van der Waals surface area contributed by atoms with Gasteiger partial charge in [-0.3, -0.25) is 4.57 Å². The molecule has 0 bridgehead atoms. The van der Waals surface area contributed by atoms with Crippen LogP contribution in [0.5, 0.6) is 11.5 Å². The molecule has 0 radical (unpaired) electrons. The van der Waals surface area contributed by atoms with Gasteiger partial charge in [0.25, 0.3) is 0 Å². The van der Waals surface area contributed by atoms with Gasteiger partial charge in [-0.05, 0) is 99.5 Å². The van der Waals surface area contributed by atoms with E-state index in [9.17, 15) is 0 Å². The molecule has 0 fully saturated rings. The summed E-state index contributed by atoms with van der Waals surface area (Å²) in [5.41, 5.74) is 15.0. The Kier molecular flexibility index (Phi) is 9.39. The molecule has 1 aliphatic rings. The number of fused-ring (bicyclic) bond motifs is 4. The van der Waals surface area contributed by atoms with Crippen molar-refractivity contribution in [2.45, 2.75) is 26.2 Å². The summed E-state index contributed by atoms with van der Waals surface area (Å²) in [6.45, 7) is 7.35. The van der Waals surface area contributed by atoms with E-state index in [4.69, 9.17) is 9.72 Å². The van der Waals surface area contributed by atoms with Crippen LogP contribution < -0.4 is 14.5 Å². The highest BCUT2D eigenvalue weighted by Crippen LogP contribution is 2.53. The SMILES string of the molecule is CC(C)(C)c1ccnc(-n2c3ccccc3c3ccc(Oc4cccc(N5CN(c6ccccc6)c6c(-c7c(-c8ccccc8)cccc7-c7ccccc7)cccc65)c4)cc32)c1. The maximum atomic E-state index is 6.80. The third kappa shape index (κ3) is 6.88. The third-order valence-electron chi connectivity index (χ3n) is 12.3. The molecule has 11 rings (SSSR count). The molecule has 5 heteroatoms. The van der Waals surface area contributed by atoms with Crippen LogP contribution in [-0.2, 0) is 5.41 Å². The van der Waals surface area contributed by atoms with Gasteiger partial charge in [0.2, 0.25) is 0 Å². The van der Waals surface area contributed by atoms with Crippen molar-refractivity contribution in [2.75, 3.05) is 16.5 Å². The lowest BCUT2D eigenvalue weighted by Crippen LogP contribution is -2.24. The minimum absolute atomic E-state index is 0.0109. The van der Waals surface area contributed by atoms with Crippen LogP contribution in [0.3, 0.4) is 0 Å². The number of ether oxygens (including phenoxy) is 1. The van der Waals surface area contributed by atoms with Crippen LogP contribution in [0.15, 0.2) is 212 Å². The number of hydrogen-bond donors (Lipinski definition) is 0. The summed E-state index contributed by atoms with van der Waals surface area (Å²) >= 11 is 0. The number of para-hydroxylation sites is 3. The Hall–Kier alpha value is -7.89. The molecular weight excluding hydrogens is 769 g/mol. The molecule has 10 aromatic rings. The van der Waals surface area contributed by atoms with Gasteiger partial charge in [-0.2, -0.15) is 0 Å². The fraction of sp³-hybridized carbons (Fsp3) is 0.0862. The van der Waals surface area contributed by atoms with Crippen molar-refractivity contribution < 1.29 is 4.74 Å². The first-order valence-corrected chi connectivity index (χ1v) is 21.6. The van der Waals surface area contributed by atoms with Gasteiger partial charge >= 0.3 is 0 Å². The van der Waals surface area contributed by atoms with Crippen LogP contribution in [0, 0.1) is 0 Å². The molecule has 304 valence electrons. The molecule has 0 spiro atoms. The Morgan fingerprint density at radius 1 is 0.476 bits per heavy atom. The number of benzene rings is 8. The number of hydrogen-bond acceptors (Lipinski definition) is 4. The minimum Gasteiger partial charge on any atom is -0.457 e. The van der Waals surface area contributed by atoms with Gasteiger partial charge in [0.05, 0.1) is 22.4 Å². The Morgan fingerprint density at radius 3 is 1.81 bits per heavy atom. The van der Waals surface area contributed by atoms with Crippen LogP contribution >= 0.6 is 0 Å². The zero-order chi connectivity index (χ0) is 42.5. The number of anilines is 4. The Balaban J connectivity index is 1.02. The van der Waals surface area contributed by atoms with Crippen molar-refractivity contribution in [3.63, 3.8) is 0 Å². The lowest BCUT2D eigenvalue weighted by molar-refractivity contribution is 0.483. The highest BCUT2D eigenvalue weighted by Gasteiger charge is 2.32. The first-order valence-electron chi connectivity index (χ1n) is 21.6. The molecule has 0 unspecified atom stereocenters. The van der Waals surface area contributed by atoms with Gasteiger partial charge in [-0.1, -0.05) is 154 Å². The molecule has 0 atom stereocenters. The zero-order valence-electron chi connectivity index (χ0n) is 35.6. The quantitative estimate of drug-likeness (QED) is 0.153. The number of rotatable bonds is 8. The summed E-state index contributed by atoms with van der Waals surface area (Å²) in [5, 5.41) is 2.34. The predicted octanol–water partition coefficient (Wildman–Crippen LogP) is 15.5. The van der Waals surface area contributed by atoms with Crippen molar-refractivity contribution in [2.24, 2.45) is 0 Å². The Morgan fingerprint density at radius 2 is 1.08 bits per heavy atom. The molecular formula is C58H46N4O. The van der Waals surface area contributed by atoms with E-state index in [0.29, 0.717) is 6.67 Å². The second kappa shape index (κ2) is 15.5. The molecule has 1 aliphatic heterocycles. The molecule has 0 saturated carbocycles. The van der Waals surface area contributed by atoms with E-state index in [2.05, 4.69) is 235 Å². The molecule has 3 heterocycles. The summed E-state index contributed by atoms with van der Waals surface area (Å²) in [5.74, 6) is 2.42. The van der Waals surface area contributed by atoms with Crippen molar-refractivity contribution in [1.29, 1.82) is 0 Å². The molecule has 0 amide bonds. The zero-order valence-corrected chi connectivity index (χ0v) is 35.6. The first-order chi connectivity index (χ1) is 30.9. The lowest BCUT2D eigenvalue weighted by atomic mass is 9.86. The summed E-state index contributed by atoms with van der Waals surface area (Å²) in [6.07, 6.45) is 1.92. The topological polar surface area (TPSA) is 33.5 Å². The van der Waals surface area contributed by atoms with E-state index in [1.54, 1.807) is 0 Å². The van der Waals surface area contributed by atoms with Gasteiger partial charge in [-0.25, -0.2) is 4.98 Å². The average molecular weight is 815 g/mol. The van der Waals surface area contributed by atoms with E-state index in [1.165, 1.54) is 44.3 Å². The second-order valence-corrected chi connectivity index (χ2v) is 17.3. The molecule has 2 aromatic heterocycles. The van der Waals surface area contributed by atoms with Gasteiger partial charge in [-0.15, -0.1) is 0 Å². The van der Waals surface area contributed by atoms with E-state index in [0.717, 1.165) is 56.5 Å². The Bertz CT molecular complexity index is 3220. The van der Waals surface area contributed by atoms with Crippen molar-refractivity contribution >= 4 is 44.6 Å². The molecule has 63 heavy (non-hydrogen) atoms. The summed E-state index contributed by atoms with van der Waals surface area (Å²) in [7, 11) is 0. The van der Waals surface area contributed by atoms with Crippen molar-refractivity contribution in [3.8, 4) is 50.7 Å². The summed E-state index contributed by atoms with van der Waals surface area (Å²) in [6, 6.07) is 73.4. The maximum absolute atomic E-state index is 6.80. The van der Waals surface area contributed by atoms with Crippen LogP contribution in [0.25, 0.3) is 61.0 Å².